The molecule has 0 aromatic heterocycles. The Hall–Kier alpha value is 0.180. The normalized spacial score (nSPS) is 9.92. The summed E-state index contributed by atoms with van der Waals surface area (Å²) in [5, 5.41) is 1.28. The van der Waals surface area contributed by atoms with Gasteiger partial charge in [0.05, 0.1) is 4.32 Å². The molecule has 12 heavy (non-hydrogen) atoms. The molecule has 1 aromatic rings. The van der Waals surface area contributed by atoms with Gasteiger partial charge in [-0.3, -0.25) is 0 Å². The molecule has 0 nitrogen and oxygen atoms in total. The molecule has 0 atom stereocenters. The predicted molar refractivity (Wildman–Crippen MR) is 58.6 cm³/mol. The van der Waals surface area contributed by atoms with Crippen LogP contribution >= 0.6 is 47.0 Å². The fourth-order valence-electron chi connectivity index (χ4n) is 0.829. The van der Waals surface area contributed by atoms with Crippen LogP contribution in [0.3, 0.4) is 0 Å². The molecule has 0 fully saturated rings. The zero-order valence-electron chi connectivity index (χ0n) is 5.98. The summed E-state index contributed by atoms with van der Waals surface area (Å²) in [4.78, 5) is 0. The van der Waals surface area contributed by atoms with Crippen LogP contribution in [0.15, 0.2) is 18.2 Å². The third-order valence-electron chi connectivity index (χ3n) is 1.34. The van der Waals surface area contributed by atoms with E-state index in [2.05, 4.69) is 0 Å². The van der Waals surface area contributed by atoms with Crippen molar-refractivity contribution in [1.82, 2.24) is 0 Å². The summed E-state index contributed by atoms with van der Waals surface area (Å²) in [5.74, 6) is 0. The second kappa shape index (κ2) is 4.43. The highest BCUT2D eigenvalue weighted by Crippen LogP contribution is 2.21. The van der Waals surface area contributed by atoms with E-state index in [1.165, 1.54) is 0 Å². The molecule has 0 spiro atoms. The number of hydrogen-bond acceptors (Lipinski definition) is 1. The van der Waals surface area contributed by atoms with Crippen molar-refractivity contribution in [3.05, 3.63) is 33.8 Å². The summed E-state index contributed by atoms with van der Waals surface area (Å²) in [6.07, 6.45) is 0.482. The van der Waals surface area contributed by atoms with Crippen molar-refractivity contribution < 1.29 is 0 Å². The second-order valence-corrected chi connectivity index (χ2v) is 4.28. The Morgan fingerprint density at radius 2 is 2.00 bits per heavy atom. The summed E-state index contributed by atoms with van der Waals surface area (Å²) in [7, 11) is 0. The standard InChI is InChI=1S/C8H5Cl3S/c9-6-1-2-7(10)5(3-6)4-8(11)12/h1-3H,4H2. The summed E-state index contributed by atoms with van der Waals surface area (Å²) in [6.45, 7) is 0. The predicted octanol–water partition coefficient (Wildman–Crippen LogP) is 4.10. The molecular formula is C8H5Cl3S. The molecule has 0 amide bonds. The Balaban J connectivity index is 2.97. The van der Waals surface area contributed by atoms with E-state index in [0.717, 1.165) is 5.56 Å². The molecule has 0 aliphatic heterocycles. The van der Waals surface area contributed by atoms with Crippen LogP contribution in [-0.4, -0.2) is 4.32 Å². The molecule has 0 radical (unpaired) electrons. The van der Waals surface area contributed by atoms with E-state index >= 15 is 0 Å². The van der Waals surface area contributed by atoms with Gasteiger partial charge in [-0.15, -0.1) is 0 Å². The van der Waals surface area contributed by atoms with Gasteiger partial charge >= 0.3 is 0 Å². The molecule has 64 valence electrons. The Kier molecular flexibility index (Phi) is 3.78. The van der Waals surface area contributed by atoms with Gasteiger partial charge < -0.3 is 0 Å². The van der Waals surface area contributed by atoms with Crippen LogP contribution in [0.4, 0.5) is 0 Å². The van der Waals surface area contributed by atoms with E-state index in [0.29, 0.717) is 20.8 Å². The van der Waals surface area contributed by atoms with Gasteiger partial charge in [0.2, 0.25) is 0 Å². The molecule has 0 saturated carbocycles. The quantitative estimate of drug-likeness (QED) is 0.553. The van der Waals surface area contributed by atoms with Gasteiger partial charge in [0, 0.05) is 16.5 Å². The van der Waals surface area contributed by atoms with Crippen LogP contribution < -0.4 is 0 Å². The summed E-state index contributed by atoms with van der Waals surface area (Å²) in [5.41, 5.74) is 0.865. The number of thiocarbonyl (C=S) groups is 1. The molecule has 1 aromatic carbocycles. The average Bonchev–Trinajstić information content (AvgIpc) is 1.96. The average molecular weight is 240 g/mol. The summed E-state index contributed by atoms with van der Waals surface area (Å²) >= 11 is 21.9. The first-order valence-electron chi connectivity index (χ1n) is 3.22. The molecule has 0 N–H and O–H groups in total. The number of halogens is 3. The minimum absolute atomic E-state index is 0.388. The van der Waals surface area contributed by atoms with Gasteiger partial charge in [-0.25, -0.2) is 0 Å². The first-order chi connectivity index (χ1) is 5.59. The molecule has 0 aliphatic rings. The van der Waals surface area contributed by atoms with Gasteiger partial charge in [0.1, 0.15) is 0 Å². The minimum atomic E-state index is 0.388. The summed E-state index contributed by atoms with van der Waals surface area (Å²) in [6, 6.07) is 5.22. The fraction of sp³-hybridized carbons (Fsp3) is 0.125. The van der Waals surface area contributed by atoms with E-state index in [4.69, 9.17) is 47.0 Å². The highest BCUT2D eigenvalue weighted by Gasteiger charge is 2.02. The smallest absolute Gasteiger partial charge is 0.0843 e. The van der Waals surface area contributed by atoms with E-state index in [1.807, 2.05) is 0 Å². The highest BCUT2D eigenvalue weighted by molar-refractivity contribution is 7.83. The Morgan fingerprint density at radius 1 is 1.33 bits per heavy atom. The minimum Gasteiger partial charge on any atom is -0.0843 e. The van der Waals surface area contributed by atoms with Crippen molar-refractivity contribution >= 4 is 51.3 Å². The van der Waals surface area contributed by atoms with E-state index in [9.17, 15) is 0 Å². The zero-order valence-corrected chi connectivity index (χ0v) is 9.07. The largest absolute Gasteiger partial charge is 0.0852 e. The van der Waals surface area contributed by atoms with Gasteiger partial charge in [0.15, 0.2) is 0 Å². The summed E-state index contributed by atoms with van der Waals surface area (Å²) < 4.78 is 0.388. The maximum Gasteiger partial charge on any atom is 0.0852 e. The van der Waals surface area contributed by atoms with Crippen LogP contribution in [0.5, 0.6) is 0 Å². The number of benzene rings is 1. The van der Waals surface area contributed by atoms with Crippen molar-refractivity contribution in [2.45, 2.75) is 6.42 Å². The van der Waals surface area contributed by atoms with Crippen molar-refractivity contribution in [3.63, 3.8) is 0 Å². The first kappa shape index (κ1) is 10.3. The number of hydrogen-bond donors (Lipinski definition) is 0. The lowest BCUT2D eigenvalue weighted by molar-refractivity contribution is 1.37. The second-order valence-electron chi connectivity index (χ2n) is 2.27. The fourth-order valence-corrected chi connectivity index (χ4v) is 1.51. The Bertz CT molecular complexity index is 309. The number of rotatable bonds is 2. The van der Waals surface area contributed by atoms with Crippen LogP contribution in [0.1, 0.15) is 5.56 Å². The topological polar surface area (TPSA) is 0 Å². The molecule has 4 heteroatoms. The SMILES string of the molecule is S=C(Cl)Cc1cc(Cl)ccc1Cl. The van der Waals surface area contributed by atoms with Crippen LogP contribution in [0.2, 0.25) is 10.0 Å². The van der Waals surface area contributed by atoms with Gasteiger partial charge in [0.25, 0.3) is 0 Å². The van der Waals surface area contributed by atoms with E-state index in [1.54, 1.807) is 18.2 Å². The van der Waals surface area contributed by atoms with Crippen LogP contribution in [0, 0.1) is 0 Å². The lowest BCUT2D eigenvalue weighted by Gasteiger charge is -2.01. The van der Waals surface area contributed by atoms with E-state index < -0.39 is 0 Å². The molecule has 0 aliphatic carbocycles. The molecule has 1 rings (SSSR count). The van der Waals surface area contributed by atoms with E-state index in [-0.39, 0.29) is 0 Å². The van der Waals surface area contributed by atoms with Crippen LogP contribution in [0.25, 0.3) is 0 Å². The maximum absolute atomic E-state index is 5.86. The van der Waals surface area contributed by atoms with Gasteiger partial charge in [-0.2, -0.15) is 0 Å². The van der Waals surface area contributed by atoms with Gasteiger partial charge in [-0.1, -0.05) is 47.0 Å². The first-order valence-corrected chi connectivity index (χ1v) is 4.76. The molecule has 0 heterocycles. The Labute approximate surface area is 91.4 Å². The third kappa shape index (κ3) is 2.91. The Morgan fingerprint density at radius 3 is 2.58 bits per heavy atom. The third-order valence-corrected chi connectivity index (χ3v) is 2.22. The van der Waals surface area contributed by atoms with Crippen molar-refractivity contribution in [2.75, 3.05) is 0 Å². The van der Waals surface area contributed by atoms with Crippen LogP contribution in [-0.2, 0) is 6.42 Å². The molecular weight excluding hydrogens is 235 g/mol. The van der Waals surface area contributed by atoms with Crippen molar-refractivity contribution in [2.24, 2.45) is 0 Å². The maximum atomic E-state index is 5.86. The zero-order chi connectivity index (χ0) is 9.14. The monoisotopic (exact) mass is 238 g/mol. The molecule has 0 unspecified atom stereocenters. The molecule has 0 bridgehead atoms. The van der Waals surface area contributed by atoms with Crippen molar-refractivity contribution in [3.8, 4) is 0 Å². The lowest BCUT2D eigenvalue weighted by Crippen LogP contribution is -1.91. The molecule has 0 saturated heterocycles. The van der Waals surface area contributed by atoms with Gasteiger partial charge in [-0.05, 0) is 23.8 Å². The van der Waals surface area contributed by atoms with Crippen molar-refractivity contribution in [1.29, 1.82) is 0 Å². The lowest BCUT2D eigenvalue weighted by atomic mass is 10.2. The highest BCUT2D eigenvalue weighted by atomic mass is 35.5.